The number of allylic oxidation sites excluding steroid dienone is 1. The van der Waals surface area contributed by atoms with Crippen LogP contribution in [-0.2, 0) is 0 Å². The van der Waals surface area contributed by atoms with Crippen molar-refractivity contribution in [2.24, 2.45) is 9.98 Å². The van der Waals surface area contributed by atoms with E-state index in [-0.39, 0.29) is 5.29 Å². The Kier molecular flexibility index (Phi) is 3.40. The van der Waals surface area contributed by atoms with Crippen molar-refractivity contribution in [3.8, 4) is 0 Å². The zero-order valence-electron chi connectivity index (χ0n) is 9.44. The summed E-state index contributed by atoms with van der Waals surface area (Å²) < 4.78 is 0. The number of aromatic amines is 1. The highest BCUT2D eigenvalue weighted by molar-refractivity contribution is 6.66. The van der Waals surface area contributed by atoms with Crippen LogP contribution in [0.3, 0.4) is 0 Å². The van der Waals surface area contributed by atoms with Crippen molar-refractivity contribution in [3.05, 3.63) is 48.7 Å². The Bertz CT molecular complexity index is 608. The number of hydrogen-bond acceptors (Lipinski definition) is 1. The minimum absolute atomic E-state index is 0.213. The molecule has 17 heavy (non-hydrogen) atoms. The van der Waals surface area contributed by atoms with Gasteiger partial charge in [0.15, 0.2) is 0 Å². The van der Waals surface area contributed by atoms with Crippen LogP contribution in [0.4, 0.5) is 0 Å². The largest absolute Gasteiger partial charge is 0.360 e. The number of benzene rings is 1. The molecule has 1 N–H and O–H groups in total. The van der Waals surface area contributed by atoms with Gasteiger partial charge in [-0.2, -0.15) is 0 Å². The predicted octanol–water partition coefficient (Wildman–Crippen LogP) is 3.37. The lowest BCUT2D eigenvalue weighted by molar-refractivity contribution is 1.43. The smallest absolute Gasteiger partial charge is 0.217 e. The van der Waals surface area contributed by atoms with Crippen molar-refractivity contribution in [1.82, 2.24) is 4.98 Å². The summed E-state index contributed by atoms with van der Waals surface area (Å²) in [4.78, 5) is 11.2. The Balaban J connectivity index is 2.58. The molecule has 2 rings (SSSR count). The molecule has 0 spiro atoms. The van der Waals surface area contributed by atoms with Crippen LogP contribution in [0.5, 0.6) is 0 Å². The van der Waals surface area contributed by atoms with Crippen LogP contribution in [0, 0.1) is 0 Å². The van der Waals surface area contributed by atoms with Gasteiger partial charge in [-0.1, -0.05) is 24.8 Å². The van der Waals surface area contributed by atoms with E-state index in [0.29, 0.717) is 5.71 Å². The Morgan fingerprint density at radius 2 is 2.18 bits per heavy atom. The van der Waals surface area contributed by atoms with E-state index >= 15 is 0 Å². The first-order valence-electron chi connectivity index (χ1n) is 5.16. The third-order valence-corrected chi connectivity index (χ3v) is 2.71. The maximum atomic E-state index is 5.81. The maximum Gasteiger partial charge on any atom is 0.217 e. The molecule has 0 aliphatic rings. The lowest BCUT2D eigenvalue weighted by atomic mass is 10.1. The number of aliphatic imine (C=N–C) groups is 2. The molecule has 1 heterocycles. The average Bonchev–Trinajstić information content (AvgIpc) is 2.79. The van der Waals surface area contributed by atoms with Gasteiger partial charge in [-0.15, -0.1) is 0 Å². The number of nitrogens with one attached hydrogen (secondary N) is 1. The molecule has 0 bridgehead atoms. The van der Waals surface area contributed by atoms with Gasteiger partial charge in [-0.3, -0.25) is 4.99 Å². The highest BCUT2D eigenvalue weighted by Crippen LogP contribution is 2.19. The van der Waals surface area contributed by atoms with Crippen LogP contribution in [0.2, 0.25) is 0 Å². The van der Waals surface area contributed by atoms with Crippen molar-refractivity contribution >= 4 is 33.5 Å². The molecule has 0 unspecified atom stereocenters. The van der Waals surface area contributed by atoms with E-state index in [4.69, 9.17) is 11.6 Å². The molecule has 0 saturated carbocycles. The number of aromatic nitrogens is 1. The fraction of sp³-hybridized carbons (Fsp3) is 0.0769. The van der Waals surface area contributed by atoms with E-state index in [0.717, 1.165) is 16.5 Å². The molecule has 0 atom stereocenters. The molecule has 1 aromatic heterocycles. The summed E-state index contributed by atoms with van der Waals surface area (Å²) in [5.41, 5.74) is 2.73. The normalized spacial score (nSPS) is 13.1. The summed E-state index contributed by atoms with van der Waals surface area (Å²) in [5.74, 6) is 0. The first-order chi connectivity index (χ1) is 8.26. The standard InChI is InChI=1S/C13H12ClN3/c1-3-11(17-13(14)15-2)10-8-16-12-7-5-4-6-9(10)12/h3-8,16H,1H2,2H3/b15-13?,17-11+. The minimum Gasteiger partial charge on any atom is -0.360 e. The Hall–Kier alpha value is -1.87. The fourth-order valence-corrected chi connectivity index (χ4v) is 1.74. The van der Waals surface area contributed by atoms with Crippen LogP contribution in [0.15, 0.2) is 53.1 Å². The SMILES string of the molecule is C=C/C(=N\C(Cl)=NC)c1c[nH]c2ccccc12. The van der Waals surface area contributed by atoms with E-state index in [1.165, 1.54) is 0 Å². The van der Waals surface area contributed by atoms with Crippen LogP contribution in [-0.4, -0.2) is 23.0 Å². The first kappa shape index (κ1) is 11.6. The van der Waals surface area contributed by atoms with Crippen LogP contribution >= 0.6 is 11.6 Å². The number of halogens is 1. The molecule has 0 radical (unpaired) electrons. The maximum absolute atomic E-state index is 5.81. The molecule has 0 amide bonds. The number of H-pyrrole nitrogens is 1. The molecular weight excluding hydrogens is 234 g/mol. The molecule has 0 aliphatic heterocycles. The second kappa shape index (κ2) is 4.97. The Labute approximate surface area is 105 Å². The molecule has 1 aromatic carbocycles. The molecule has 86 valence electrons. The summed E-state index contributed by atoms with van der Waals surface area (Å²) in [6.07, 6.45) is 3.56. The quantitative estimate of drug-likeness (QED) is 0.479. The van der Waals surface area contributed by atoms with Gasteiger partial charge in [-0.25, -0.2) is 4.99 Å². The van der Waals surface area contributed by atoms with Crippen LogP contribution in [0.25, 0.3) is 10.9 Å². The molecule has 0 fully saturated rings. The summed E-state index contributed by atoms with van der Waals surface area (Å²) in [6, 6.07) is 8.00. The Morgan fingerprint density at radius 1 is 1.41 bits per heavy atom. The van der Waals surface area contributed by atoms with E-state index in [9.17, 15) is 0 Å². The molecular formula is C13H12ClN3. The van der Waals surface area contributed by atoms with Crippen LogP contribution in [0.1, 0.15) is 5.56 Å². The van der Waals surface area contributed by atoms with Gasteiger partial charge in [0.05, 0.1) is 5.71 Å². The van der Waals surface area contributed by atoms with Gasteiger partial charge < -0.3 is 4.98 Å². The number of para-hydroxylation sites is 1. The van der Waals surface area contributed by atoms with Gasteiger partial charge in [-0.05, 0) is 23.7 Å². The van der Waals surface area contributed by atoms with Gasteiger partial charge >= 0.3 is 0 Å². The second-order valence-corrected chi connectivity index (χ2v) is 3.78. The average molecular weight is 246 g/mol. The Morgan fingerprint density at radius 3 is 2.88 bits per heavy atom. The summed E-state index contributed by atoms with van der Waals surface area (Å²) in [5, 5.41) is 1.30. The molecule has 0 saturated heterocycles. The van der Waals surface area contributed by atoms with E-state index in [1.54, 1.807) is 13.1 Å². The molecule has 3 nitrogen and oxygen atoms in total. The second-order valence-electron chi connectivity index (χ2n) is 3.44. The van der Waals surface area contributed by atoms with Gasteiger partial charge in [0.1, 0.15) is 0 Å². The number of hydrogen-bond donors (Lipinski definition) is 1. The van der Waals surface area contributed by atoms with Crippen molar-refractivity contribution in [2.75, 3.05) is 7.05 Å². The molecule has 0 aliphatic carbocycles. The summed E-state index contributed by atoms with van der Waals surface area (Å²) in [7, 11) is 1.60. The third-order valence-electron chi connectivity index (χ3n) is 2.46. The number of nitrogens with zero attached hydrogens (tertiary/aromatic N) is 2. The lowest BCUT2D eigenvalue weighted by Gasteiger charge is -1.98. The highest BCUT2D eigenvalue weighted by Gasteiger charge is 2.07. The molecule has 2 aromatic rings. The van der Waals surface area contributed by atoms with E-state index in [1.807, 2.05) is 30.5 Å². The number of fused-ring (bicyclic) bond motifs is 1. The topological polar surface area (TPSA) is 40.5 Å². The fourth-order valence-electron chi connectivity index (χ4n) is 1.65. The van der Waals surface area contributed by atoms with Crippen molar-refractivity contribution in [1.29, 1.82) is 0 Å². The monoisotopic (exact) mass is 245 g/mol. The number of amidine groups is 1. The minimum atomic E-state index is 0.213. The molecule has 4 heteroatoms. The third kappa shape index (κ3) is 2.29. The van der Waals surface area contributed by atoms with Crippen molar-refractivity contribution in [2.45, 2.75) is 0 Å². The zero-order chi connectivity index (χ0) is 12.3. The van der Waals surface area contributed by atoms with Crippen molar-refractivity contribution in [3.63, 3.8) is 0 Å². The summed E-state index contributed by atoms with van der Waals surface area (Å²) in [6.45, 7) is 3.75. The lowest BCUT2D eigenvalue weighted by Crippen LogP contribution is -1.98. The van der Waals surface area contributed by atoms with E-state index in [2.05, 4.69) is 21.5 Å². The zero-order valence-corrected chi connectivity index (χ0v) is 10.2. The highest BCUT2D eigenvalue weighted by atomic mass is 35.5. The first-order valence-corrected chi connectivity index (χ1v) is 5.54. The van der Waals surface area contributed by atoms with Gasteiger partial charge in [0, 0.05) is 29.7 Å². The van der Waals surface area contributed by atoms with Gasteiger partial charge in [0.25, 0.3) is 0 Å². The van der Waals surface area contributed by atoms with Crippen molar-refractivity contribution < 1.29 is 0 Å². The summed E-state index contributed by atoms with van der Waals surface area (Å²) >= 11 is 5.81. The van der Waals surface area contributed by atoms with Crippen LogP contribution < -0.4 is 0 Å². The van der Waals surface area contributed by atoms with Gasteiger partial charge in [0.2, 0.25) is 5.29 Å². The predicted molar refractivity (Wildman–Crippen MR) is 74.2 cm³/mol. The number of rotatable bonds is 2. The van der Waals surface area contributed by atoms with E-state index < -0.39 is 0 Å².